The maximum absolute atomic E-state index is 11.9. The molecule has 1 aromatic carbocycles. The summed E-state index contributed by atoms with van der Waals surface area (Å²) in [7, 11) is 0. The molecule has 2 amide bonds. The first-order valence-electron chi connectivity index (χ1n) is 8.42. The van der Waals surface area contributed by atoms with Crippen LogP contribution in [0.1, 0.15) is 0 Å². The number of thioether (sulfide) groups is 1. The summed E-state index contributed by atoms with van der Waals surface area (Å²) >= 11 is 1.17. The van der Waals surface area contributed by atoms with Crippen molar-refractivity contribution in [3.8, 4) is 0 Å². The van der Waals surface area contributed by atoms with Gasteiger partial charge in [0, 0.05) is 36.8 Å². The molecule has 2 heterocycles. The molecule has 26 heavy (non-hydrogen) atoms. The number of carbonyl (C=O) groups is 3. The summed E-state index contributed by atoms with van der Waals surface area (Å²) in [4.78, 5) is 38.7. The third-order valence-corrected chi connectivity index (χ3v) is 4.95. The maximum atomic E-state index is 11.9. The second-order valence-electron chi connectivity index (χ2n) is 5.89. The summed E-state index contributed by atoms with van der Waals surface area (Å²) in [5.41, 5.74) is 1.71. The third kappa shape index (κ3) is 5.12. The Hall–Kier alpha value is -2.26. The van der Waals surface area contributed by atoms with E-state index in [1.165, 1.54) is 16.7 Å². The Balaban J connectivity index is 1.41. The molecule has 0 radical (unpaired) electrons. The molecular formula is C17H21N3O5S. The Labute approximate surface area is 155 Å². The van der Waals surface area contributed by atoms with Crippen LogP contribution in [0.5, 0.6) is 0 Å². The predicted octanol–water partition coefficient (Wildman–Crippen LogP) is 1.17. The van der Waals surface area contributed by atoms with Crippen LogP contribution in [0.2, 0.25) is 0 Å². The van der Waals surface area contributed by atoms with Gasteiger partial charge in [0.1, 0.15) is 6.54 Å². The van der Waals surface area contributed by atoms with Crippen LogP contribution in [-0.4, -0.2) is 73.8 Å². The molecule has 8 nitrogen and oxygen atoms in total. The van der Waals surface area contributed by atoms with Crippen molar-refractivity contribution in [3.05, 3.63) is 24.3 Å². The molecule has 0 spiro atoms. The van der Waals surface area contributed by atoms with E-state index in [2.05, 4.69) is 10.2 Å². The van der Waals surface area contributed by atoms with Gasteiger partial charge in [0.05, 0.1) is 13.2 Å². The molecule has 2 aliphatic heterocycles. The number of hydrogen-bond donors (Lipinski definition) is 1. The fourth-order valence-corrected chi connectivity index (χ4v) is 3.52. The summed E-state index contributed by atoms with van der Waals surface area (Å²) in [6, 6.07) is 7.49. The van der Waals surface area contributed by atoms with Crippen LogP contribution in [-0.2, 0) is 19.1 Å². The topological polar surface area (TPSA) is 88.2 Å². The molecule has 2 aliphatic rings. The summed E-state index contributed by atoms with van der Waals surface area (Å²) in [5.74, 6) is -0.328. The fourth-order valence-electron chi connectivity index (χ4n) is 2.69. The molecule has 0 atom stereocenters. The first-order chi connectivity index (χ1) is 12.6. The highest BCUT2D eigenvalue weighted by molar-refractivity contribution is 8.13. The molecule has 2 saturated heterocycles. The Bertz CT molecular complexity index is 661. The van der Waals surface area contributed by atoms with Crippen molar-refractivity contribution in [2.24, 2.45) is 0 Å². The average molecular weight is 379 g/mol. The van der Waals surface area contributed by atoms with Gasteiger partial charge in [0.25, 0.3) is 11.1 Å². The van der Waals surface area contributed by atoms with Gasteiger partial charge in [-0.15, -0.1) is 0 Å². The van der Waals surface area contributed by atoms with Crippen LogP contribution in [0.15, 0.2) is 24.3 Å². The minimum atomic E-state index is -0.585. The maximum Gasteiger partial charge on any atom is 0.326 e. The van der Waals surface area contributed by atoms with Crippen molar-refractivity contribution in [2.75, 3.05) is 62.0 Å². The van der Waals surface area contributed by atoms with Crippen LogP contribution >= 0.6 is 11.8 Å². The number of amides is 2. The zero-order valence-corrected chi connectivity index (χ0v) is 15.1. The van der Waals surface area contributed by atoms with Crippen molar-refractivity contribution in [2.45, 2.75) is 0 Å². The lowest BCUT2D eigenvalue weighted by Gasteiger charge is -2.28. The van der Waals surface area contributed by atoms with Crippen LogP contribution in [0.25, 0.3) is 0 Å². The number of rotatable bonds is 6. The molecule has 0 saturated carbocycles. The Kier molecular flexibility index (Phi) is 6.35. The number of esters is 1. The molecule has 1 aromatic rings. The highest BCUT2D eigenvalue weighted by atomic mass is 32.2. The SMILES string of the molecule is O=C(COC(=O)CN1CCSC1=O)Nc1ccc(N2CCOCC2)cc1. The summed E-state index contributed by atoms with van der Waals surface area (Å²) in [5, 5.41) is 2.55. The number of anilines is 2. The molecule has 2 fully saturated rings. The van der Waals surface area contributed by atoms with Gasteiger partial charge in [-0.25, -0.2) is 0 Å². The Morgan fingerprint density at radius 3 is 2.54 bits per heavy atom. The number of carbonyl (C=O) groups excluding carboxylic acids is 3. The average Bonchev–Trinajstić information content (AvgIpc) is 3.06. The zero-order chi connectivity index (χ0) is 18.4. The van der Waals surface area contributed by atoms with E-state index in [1.54, 1.807) is 0 Å². The largest absolute Gasteiger partial charge is 0.454 e. The molecule has 0 bridgehead atoms. The Morgan fingerprint density at radius 1 is 1.15 bits per heavy atom. The fraction of sp³-hybridized carbons (Fsp3) is 0.471. The quantitative estimate of drug-likeness (QED) is 0.743. The summed E-state index contributed by atoms with van der Waals surface area (Å²) < 4.78 is 10.3. The monoisotopic (exact) mass is 379 g/mol. The number of benzene rings is 1. The van der Waals surface area contributed by atoms with Crippen LogP contribution in [0.3, 0.4) is 0 Å². The predicted molar refractivity (Wildman–Crippen MR) is 98.5 cm³/mol. The molecule has 0 unspecified atom stereocenters. The molecule has 0 aliphatic carbocycles. The second-order valence-corrected chi connectivity index (χ2v) is 6.94. The molecule has 0 aromatic heterocycles. The van der Waals surface area contributed by atoms with Gasteiger partial charge >= 0.3 is 5.97 Å². The Morgan fingerprint density at radius 2 is 1.88 bits per heavy atom. The van der Waals surface area contributed by atoms with Gasteiger partial charge in [0.2, 0.25) is 0 Å². The summed E-state index contributed by atoms with van der Waals surface area (Å²) in [6.07, 6.45) is 0. The number of ether oxygens (including phenoxy) is 2. The van der Waals surface area contributed by atoms with Gasteiger partial charge < -0.3 is 24.6 Å². The smallest absolute Gasteiger partial charge is 0.326 e. The van der Waals surface area contributed by atoms with E-state index < -0.39 is 11.9 Å². The number of hydrogen-bond acceptors (Lipinski definition) is 7. The van der Waals surface area contributed by atoms with Gasteiger partial charge in [-0.05, 0) is 24.3 Å². The van der Waals surface area contributed by atoms with Crippen molar-refractivity contribution in [3.63, 3.8) is 0 Å². The highest BCUT2D eigenvalue weighted by Gasteiger charge is 2.24. The lowest BCUT2D eigenvalue weighted by molar-refractivity contribution is -0.147. The van der Waals surface area contributed by atoms with Crippen LogP contribution in [0.4, 0.5) is 16.2 Å². The molecule has 9 heteroatoms. The molecular weight excluding hydrogens is 358 g/mol. The number of nitrogens with zero attached hydrogens (tertiary/aromatic N) is 2. The summed E-state index contributed by atoms with van der Waals surface area (Å²) in [6.45, 7) is 3.16. The normalized spacial score (nSPS) is 17.3. The second kappa shape index (κ2) is 8.91. The van der Waals surface area contributed by atoms with Crippen LogP contribution in [0, 0.1) is 0 Å². The minimum absolute atomic E-state index is 0.118. The first kappa shape index (κ1) is 18.5. The van der Waals surface area contributed by atoms with E-state index in [9.17, 15) is 14.4 Å². The van der Waals surface area contributed by atoms with Crippen molar-refractivity contribution >= 4 is 40.3 Å². The number of morpholine rings is 1. The van der Waals surface area contributed by atoms with Crippen molar-refractivity contribution < 1.29 is 23.9 Å². The van der Waals surface area contributed by atoms with Gasteiger partial charge in [-0.3, -0.25) is 14.4 Å². The van der Waals surface area contributed by atoms with E-state index in [4.69, 9.17) is 9.47 Å². The third-order valence-electron chi connectivity index (χ3n) is 4.06. The van der Waals surface area contributed by atoms with Crippen molar-refractivity contribution in [1.29, 1.82) is 0 Å². The van der Waals surface area contributed by atoms with E-state index >= 15 is 0 Å². The number of nitrogens with one attached hydrogen (secondary N) is 1. The van der Waals surface area contributed by atoms with Crippen LogP contribution < -0.4 is 10.2 Å². The first-order valence-corrected chi connectivity index (χ1v) is 9.40. The van der Waals surface area contributed by atoms with Gasteiger partial charge in [-0.1, -0.05) is 11.8 Å². The highest BCUT2D eigenvalue weighted by Crippen LogP contribution is 2.19. The minimum Gasteiger partial charge on any atom is -0.454 e. The van der Waals surface area contributed by atoms with Gasteiger partial charge in [0.15, 0.2) is 6.61 Å². The molecule has 3 rings (SSSR count). The van der Waals surface area contributed by atoms with E-state index in [1.807, 2.05) is 24.3 Å². The van der Waals surface area contributed by atoms with E-state index in [-0.39, 0.29) is 18.4 Å². The van der Waals surface area contributed by atoms with Gasteiger partial charge in [-0.2, -0.15) is 0 Å². The van der Waals surface area contributed by atoms with E-state index in [0.717, 1.165) is 18.8 Å². The molecule has 1 N–H and O–H groups in total. The van der Waals surface area contributed by atoms with E-state index in [0.29, 0.717) is 31.2 Å². The lowest BCUT2D eigenvalue weighted by atomic mass is 10.2. The molecule has 140 valence electrons. The van der Waals surface area contributed by atoms with Crippen molar-refractivity contribution in [1.82, 2.24) is 4.90 Å². The lowest BCUT2D eigenvalue weighted by Crippen LogP contribution is -2.36. The zero-order valence-electron chi connectivity index (χ0n) is 14.3. The standard InChI is InChI=1S/C17H21N3O5S/c21-15(12-25-16(22)11-20-7-10-26-17(20)23)18-13-1-3-14(4-2-13)19-5-8-24-9-6-19/h1-4H,5-12H2,(H,18,21).